The molecule has 4 rings (SSSR count). The number of fused-ring (bicyclic) bond motifs is 3. The highest BCUT2D eigenvalue weighted by atomic mass is 35.5. The van der Waals surface area contributed by atoms with E-state index in [0.717, 1.165) is 22.1 Å². The molecule has 0 bridgehead atoms. The molecule has 0 fully saturated rings. The zero-order valence-electron chi connectivity index (χ0n) is 10.1. The third-order valence-corrected chi connectivity index (χ3v) is 4.73. The van der Waals surface area contributed by atoms with Gasteiger partial charge >= 0.3 is 0 Å². The van der Waals surface area contributed by atoms with E-state index >= 15 is 0 Å². The number of benzene rings is 2. The Bertz CT molecular complexity index is 762. The van der Waals surface area contributed by atoms with E-state index in [0.29, 0.717) is 0 Å². The minimum absolute atomic E-state index is 0.803. The summed E-state index contributed by atoms with van der Waals surface area (Å²) in [6.45, 7) is 0. The molecule has 2 aromatic carbocycles. The predicted molar refractivity (Wildman–Crippen MR) is 80.8 cm³/mol. The molecule has 3 aromatic rings. The Morgan fingerprint density at radius 1 is 1.05 bits per heavy atom. The molecule has 0 spiro atoms. The van der Waals surface area contributed by atoms with E-state index in [9.17, 15) is 0 Å². The summed E-state index contributed by atoms with van der Waals surface area (Å²) in [7, 11) is 0. The number of thiazole rings is 1. The zero-order valence-corrected chi connectivity index (χ0v) is 11.6. The van der Waals surface area contributed by atoms with Gasteiger partial charge in [0.25, 0.3) is 0 Å². The predicted octanol–water partition coefficient (Wildman–Crippen LogP) is 5.03. The summed E-state index contributed by atoms with van der Waals surface area (Å²) >= 11 is 7.83. The van der Waals surface area contributed by atoms with Gasteiger partial charge in [-0.05, 0) is 17.7 Å². The highest BCUT2D eigenvalue weighted by Crippen LogP contribution is 2.42. The lowest BCUT2D eigenvalue weighted by molar-refractivity contribution is 1.31. The van der Waals surface area contributed by atoms with Crippen LogP contribution >= 0.6 is 22.9 Å². The van der Waals surface area contributed by atoms with Gasteiger partial charge in [0, 0.05) is 27.4 Å². The Kier molecular flexibility index (Phi) is 2.47. The number of hydrogen-bond donors (Lipinski definition) is 0. The van der Waals surface area contributed by atoms with Crippen molar-refractivity contribution in [2.75, 3.05) is 0 Å². The minimum Gasteiger partial charge on any atom is -0.236 e. The molecular formula is C16H10ClNS. The van der Waals surface area contributed by atoms with E-state index < -0.39 is 0 Å². The van der Waals surface area contributed by atoms with Crippen molar-refractivity contribution >= 4 is 22.9 Å². The zero-order chi connectivity index (χ0) is 12.8. The standard InChI is InChI=1S/C16H10ClNS/c17-12-6-7-13-11(8-12)9-14-15(13)18-16(19-14)10-4-2-1-3-5-10/h1-8H,9H2. The van der Waals surface area contributed by atoms with Crippen LogP contribution in [0.15, 0.2) is 48.5 Å². The first-order chi connectivity index (χ1) is 9.31. The van der Waals surface area contributed by atoms with Crippen LogP contribution in [0, 0.1) is 0 Å². The second-order valence-corrected chi connectivity index (χ2v) is 6.16. The van der Waals surface area contributed by atoms with Crippen molar-refractivity contribution in [3.63, 3.8) is 0 Å². The lowest BCUT2D eigenvalue weighted by atomic mass is 10.1. The summed E-state index contributed by atoms with van der Waals surface area (Å²) in [5, 5.41) is 1.91. The summed E-state index contributed by atoms with van der Waals surface area (Å²) in [5.41, 5.74) is 4.85. The summed E-state index contributed by atoms with van der Waals surface area (Å²) in [6.07, 6.45) is 0.954. The van der Waals surface area contributed by atoms with E-state index in [1.54, 1.807) is 11.3 Å². The number of halogens is 1. The molecule has 1 aliphatic rings. The molecule has 1 aromatic heterocycles. The van der Waals surface area contributed by atoms with E-state index in [1.165, 1.54) is 21.6 Å². The lowest BCUT2D eigenvalue weighted by Crippen LogP contribution is -1.81. The molecule has 1 nitrogen and oxygen atoms in total. The van der Waals surface area contributed by atoms with E-state index in [-0.39, 0.29) is 0 Å². The molecular weight excluding hydrogens is 274 g/mol. The monoisotopic (exact) mass is 283 g/mol. The van der Waals surface area contributed by atoms with Crippen molar-refractivity contribution < 1.29 is 0 Å². The molecule has 92 valence electrons. The normalized spacial score (nSPS) is 12.3. The van der Waals surface area contributed by atoms with Crippen LogP contribution in [0.4, 0.5) is 0 Å². The van der Waals surface area contributed by atoms with E-state index in [1.807, 2.05) is 18.2 Å². The smallest absolute Gasteiger partial charge is 0.124 e. The first-order valence-electron chi connectivity index (χ1n) is 6.15. The van der Waals surface area contributed by atoms with Crippen LogP contribution in [0.3, 0.4) is 0 Å². The van der Waals surface area contributed by atoms with Gasteiger partial charge in [0.2, 0.25) is 0 Å². The summed E-state index contributed by atoms with van der Waals surface area (Å²) < 4.78 is 0. The average molecular weight is 284 g/mol. The van der Waals surface area contributed by atoms with Crippen molar-refractivity contribution in [3.8, 4) is 21.8 Å². The van der Waals surface area contributed by atoms with Gasteiger partial charge in [-0.2, -0.15) is 0 Å². The molecule has 1 heterocycles. The number of hydrogen-bond acceptors (Lipinski definition) is 2. The summed E-state index contributed by atoms with van der Waals surface area (Å²) in [6, 6.07) is 16.4. The molecule has 0 atom stereocenters. The van der Waals surface area contributed by atoms with Gasteiger partial charge < -0.3 is 0 Å². The minimum atomic E-state index is 0.803. The van der Waals surface area contributed by atoms with Gasteiger partial charge in [0.1, 0.15) is 5.01 Å². The van der Waals surface area contributed by atoms with E-state index in [4.69, 9.17) is 16.6 Å². The van der Waals surface area contributed by atoms with Crippen LogP contribution in [-0.2, 0) is 6.42 Å². The summed E-state index contributed by atoms with van der Waals surface area (Å²) in [4.78, 5) is 6.15. The Balaban J connectivity index is 1.84. The highest BCUT2D eigenvalue weighted by Gasteiger charge is 2.23. The van der Waals surface area contributed by atoms with E-state index in [2.05, 4.69) is 30.3 Å². The average Bonchev–Trinajstić information content (AvgIpc) is 2.96. The van der Waals surface area contributed by atoms with Crippen molar-refractivity contribution in [3.05, 3.63) is 64.0 Å². The third kappa shape index (κ3) is 1.79. The van der Waals surface area contributed by atoms with Gasteiger partial charge in [-0.25, -0.2) is 4.98 Å². The molecule has 0 unspecified atom stereocenters. The molecule has 3 heteroatoms. The molecule has 0 N–H and O–H groups in total. The van der Waals surface area contributed by atoms with Crippen LogP contribution in [0.2, 0.25) is 5.02 Å². The highest BCUT2D eigenvalue weighted by molar-refractivity contribution is 7.15. The molecule has 0 saturated carbocycles. The van der Waals surface area contributed by atoms with Crippen molar-refractivity contribution in [1.29, 1.82) is 0 Å². The fourth-order valence-electron chi connectivity index (χ4n) is 2.50. The lowest BCUT2D eigenvalue weighted by Gasteiger charge is -2.00. The molecule has 19 heavy (non-hydrogen) atoms. The fourth-order valence-corrected chi connectivity index (χ4v) is 3.80. The van der Waals surface area contributed by atoms with Gasteiger partial charge in [-0.15, -0.1) is 11.3 Å². The van der Waals surface area contributed by atoms with Gasteiger partial charge in [0.05, 0.1) is 5.69 Å². The maximum Gasteiger partial charge on any atom is 0.124 e. The first-order valence-corrected chi connectivity index (χ1v) is 7.34. The molecule has 0 aliphatic heterocycles. The third-order valence-electron chi connectivity index (χ3n) is 3.39. The van der Waals surface area contributed by atoms with Crippen LogP contribution in [0.25, 0.3) is 21.8 Å². The second-order valence-electron chi connectivity index (χ2n) is 4.64. The Morgan fingerprint density at radius 3 is 2.74 bits per heavy atom. The number of rotatable bonds is 1. The maximum atomic E-state index is 6.04. The largest absolute Gasteiger partial charge is 0.236 e. The topological polar surface area (TPSA) is 12.9 Å². The van der Waals surface area contributed by atoms with Crippen LogP contribution < -0.4 is 0 Å². The quantitative estimate of drug-likeness (QED) is 0.477. The van der Waals surface area contributed by atoms with Gasteiger partial charge in [-0.1, -0.05) is 48.0 Å². The van der Waals surface area contributed by atoms with Crippen molar-refractivity contribution in [2.45, 2.75) is 6.42 Å². The Morgan fingerprint density at radius 2 is 1.89 bits per heavy atom. The molecule has 0 amide bonds. The SMILES string of the molecule is Clc1ccc2c(c1)Cc1sc(-c3ccccc3)nc1-2. The Labute approximate surface area is 120 Å². The molecule has 0 radical (unpaired) electrons. The van der Waals surface area contributed by atoms with Crippen molar-refractivity contribution in [1.82, 2.24) is 4.98 Å². The van der Waals surface area contributed by atoms with Crippen LogP contribution in [-0.4, -0.2) is 4.98 Å². The van der Waals surface area contributed by atoms with Crippen LogP contribution in [0.1, 0.15) is 10.4 Å². The molecule has 1 aliphatic carbocycles. The van der Waals surface area contributed by atoms with Crippen LogP contribution in [0.5, 0.6) is 0 Å². The second kappa shape index (κ2) is 4.19. The molecule has 0 saturated heterocycles. The van der Waals surface area contributed by atoms with Crippen molar-refractivity contribution in [2.24, 2.45) is 0 Å². The van der Waals surface area contributed by atoms with Gasteiger partial charge in [-0.3, -0.25) is 0 Å². The maximum absolute atomic E-state index is 6.04. The number of nitrogens with zero attached hydrogens (tertiary/aromatic N) is 1. The van der Waals surface area contributed by atoms with Gasteiger partial charge in [0.15, 0.2) is 0 Å². The first kappa shape index (κ1) is 11.2. The Hall–Kier alpha value is -1.64. The fraction of sp³-hybridized carbons (Fsp3) is 0.0625. The summed E-state index contributed by atoms with van der Waals surface area (Å²) in [5.74, 6) is 0. The number of aromatic nitrogens is 1.